The number of hydrogen-bond acceptors (Lipinski definition) is 6. The van der Waals surface area contributed by atoms with Crippen LogP contribution in [0.4, 0.5) is 11.4 Å². The number of nitrogens with zero attached hydrogens (tertiary/aromatic N) is 2. The standard InChI is InChI=1S/C23H18ClN3O5/c1-2-32-23(29)20-13-19(27(30)31)14-25-21(20)11-6-15-4-3-5-18(12-15)26-22(28)16-7-9-17(24)10-8-16/h3-14H,2H2,1H3,(H,26,28)/b11-6+. The zero-order chi connectivity index (χ0) is 23.1. The van der Waals surface area contributed by atoms with Crippen LogP contribution in [0.1, 0.15) is 38.9 Å². The third-order valence-electron chi connectivity index (χ3n) is 4.29. The van der Waals surface area contributed by atoms with Gasteiger partial charge < -0.3 is 10.1 Å². The highest BCUT2D eigenvalue weighted by Gasteiger charge is 2.17. The molecule has 32 heavy (non-hydrogen) atoms. The molecule has 2 aromatic carbocycles. The molecule has 1 amide bonds. The molecule has 1 heterocycles. The number of hydrogen-bond donors (Lipinski definition) is 1. The predicted octanol–water partition coefficient (Wildman–Crippen LogP) is 5.24. The van der Waals surface area contributed by atoms with E-state index in [1.165, 1.54) is 0 Å². The minimum absolute atomic E-state index is 0.00973. The van der Waals surface area contributed by atoms with Crippen LogP contribution in [0.5, 0.6) is 0 Å². The van der Waals surface area contributed by atoms with Crippen LogP contribution in [0.2, 0.25) is 5.02 Å². The van der Waals surface area contributed by atoms with E-state index in [4.69, 9.17) is 16.3 Å². The molecule has 0 spiro atoms. The Hall–Kier alpha value is -4.04. The quantitative estimate of drug-likeness (QED) is 0.298. The zero-order valence-electron chi connectivity index (χ0n) is 16.9. The lowest BCUT2D eigenvalue weighted by Crippen LogP contribution is -2.11. The van der Waals surface area contributed by atoms with Gasteiger partial charge in [0.25, 0.3) is 11.6 Å². The Balaban J connectivity index is 1.82. The van der Waals surface area contributed by atoms with Crippen molar-refractivity contribution in [2.24, 2.45) is 0 Å². The van der Waals surface area contributed by atoms with Crippen molar-refractivity contribution in [2.75, 3.05) is 11.9 Å². The molecular weight excluding hydrogens is 434 g/mol. The molecule has 8 nitrogen and oxygen atoms in total. The van der Waals surface area contributed by atoms with Gasteiger partial charge in [0, 0.05) is 22.3 Å². The number of rotatable bonds is 7. The maximum absolute atomic E-state index is 12.4. The summed E-state index contributed by atoms with van der Waals surface area (Å²) in [5, 5.41) is 14.4. The van der Waals surface area contributed by atoms with Crippen LogP contribution >= 0.6 is 11.6 Å². The molecule has 1 aromatic heterocycles. The van der Waals surface area contributed by atoms with Crippen molar-refractivity contribution in [3.05, 3.63) is 98.3 Å². The maximum atomic E-state index is 12.4. The topological polar surface area (TPSA) is 111 Å². The number of carbonyl (C=O) groups is 2. The normalized spacial score (nSPS) is 10.7. The number of benzene rings is 2. The molecule has 0 saturated carbocycles. The van der Waals surface area contributed by atoms with Gasteiger partial charge in [0.05, 0.1) is 22.8 Å². The Morgan fingerprint density at radius 1 is 1.16 bits per heavy atom. The van der Waals surface area contributed by atoms with Crippen molar-refractivity contribution in [1.29, 1.82) is 0 Å². The van der Waals surface area contributed by atoms with Gasteiger partial charge in [-0.05, 0) is 55.0 Å². The molecule has 9 heteroatoms. The smallest absolute Gasteiger partial charge is 0.340 e. The molecule has 0 atom stereocenters. The number of ether oxygens (including phenoxy) is 1. The first-order chi connectivity index (χ1) is 15.4. The lowest BCUT2D eigenvalue weighted by atomic mass is 10.1. The number of esters is 1. The lowest BCUT2D eigenvalue weighted by molar-refractivity contribution is -0.385. The molecule has 1 N–H and O–H groups in total. The Bertz CT molecular complexity index is 1190. The van der Waals surface area contributed by atoms with E-state index in [1.807, 2.05) is 0 Å². The molecule has 0 aliphatic heterocycles. The monoisotopic (exact) mass is 451 g/mol. The van der Waals surface area contributed by atoms with E-state index in [1.54, 1.807) is 67.6 Å². The SMILES string of the molecule is CCOC(=O)c1cc([N+](=O)[O-])cnc1/C=C/c1cccc(NC(=O)c2ccc(Cl)cc2)c1. The van der Waals surface area contributed by atoms with E-state index in [9.17, 15) is 19.7 Å². The van der Waals surface area contributed by atoms with E-state index in [0.717, 1.165) is 12.3 Å². The van der Waals surface area contributed by atoms with E-state index >= 15 is 0 Å². The summed E-state index contributed by atoms with van der Waals surface area (Å²) in [6.45, 7) is 1.77. The number of carbonyl (C=O) groups excluding carboxylic acids is 2. The Labute approximate surface area is 188 Å². The molecule has 162 valence electrons. The summed E-state index contributed by atoms with van der Waals surface area (Å²) >= 11 is 5.85. The number of halogens is 1. The van der Waals surface area contributed by atoms with Gasteiger partial charge in [-0.1, -0.05) is 29.8 Å². The fraction of sp³-hybridized carbons (Fsp3) is 0.0870. The van der Waals surface area contributed by atoms with Gasteiger partial charge in [0.1, 0.15) is 6.20 Å². The van der Waals surface area contributed by atoms with Crippen LogP contribution in [-0.4, -0.2) is 28.4 Å². The molecular formula is C23H18ClN3O5. The van der Waals surface area contributed by atoms with Crippen LogP contribution in [-0.2, 0) is 4.74 Å². The third kappa shape index (κ3) is 5.77. The maximum Gasteiger partial charge on any atom is 0.340 e. The first kappa shape index (κ1) is 22.6. The summed E-state index contributed by atoms with van der Waals surface area (Å²) in [6.07, 6.45) is 4.30. The minimum Gasteiger partial charge on any atom is -0.462 e. The molecule has 0 aliphatic carbocycles. The lowest BCUT2D eigenvalue weighted by Gasteiger charge is -2.07. The molecule has 3 rings (SSSR count). The number of anilines is 1. The van der Waals surface area contributed by atoms with Crippen molar-refractivity contribution in [3.63, 3.8) is 0 Å². The summed E-state index contributed by atoms with van der Waals surface area (Å²) in [4.78, 5) is 39.0. The summed E-state index contributed by atoms with van der Waals surface area (Å²) in [5.41, 5.74) is 1.65. The van der Waals surface area contributed by atoms with Gasteiger partial charge in [0.15, 0.2) is 0 Å². The van der Waals surface area contributed by atoms with Gasteiger partial charge in [-0.15, -0.1) is 0 Å². The van der Waals surface area contributed by atoms with Gasteiger partial charge in [-0.2, -0.15) is 0 Å². The van der Waals surface area contributed by atoms with Crippen LogP contribution in [0.3, 0.4) is 0 Å². The van der Waals surface area contributed by atoms with Crippen molar-refractivity contribution >= 4 is 47.0 Å². The number of pyridine rings is 1. The van der Waals surface area contributed by atoms with Crippen LogP contribution in [0, 0.1) is 10.1 Å². The number of nitrogens with one attached hydrogen (secondary N) is 1. The zero-order valence-corrected chi connectivity index (χ0v) is 17.7. The highest BCUT2D eigenvalue weighted by atomic mass is 35.5. The first-order valence-electron chi connectivity index (χ1n) is 9.54. The summed E-state index contributed by atoms with van der Waals surface area (Å²) in [5.74, 6) is -0.989. The van der Waals surface area contributed by atoms with Gasteiger partial charge in [-0.25, -0.2) is 9.78 Å². The van der Waals surface area contributed by atoms with Gasteiger partial charge in [-0.3, -0.25) is 14.9 Å². The van der Waals surface area contributed by atoms with Gasteiger partial charge in [0.2, 0.25) is 0 Å². The van der Waals surface area contributed by atoms with Crippen molar-refractivity contribution in [2.45, 2.75) is 6.92 Å². The highest BCUT2D eigenvalue weighted by Crippen LogP contribution is 2.20. The van der Waals surface area contributed by atoms with E-state index in [-0.39, 0.29) is 29.5 Å². The van der Waals surface area contributed by atoms with E-state index in [0.29, 0.717) is 21.8 Å². The summed E-state index contributed by atoms with van der Waals surface area (Å²) in [7, 11) is 0. The molecule has 0 saturated heterocycles. The van der Waals surface area contributed by atoms with Gasteiger partial charge >= 0.3 is 5.97 Å². The Morgan fingerprint density at radius 2 is 1.91 bits per heavy atom. The fourth-order valence-corrected chi connectivity index (χ4v) is 2.90. The Morgan fingerprint density at radius 3 is 2.59 bits per heavy atom. The van der Waals surface area contributed by atoms with Crippen molar-refractivity contribution < 1.29 is 19.2 Å². The average molecular weight is 452 g/mol. The predicted molar refractivity (Wildman–Crippen MR) is 122 cm³/mol. The molecule has 3 aromatic rings. The number of nitro groups is 1. The fourth-order valence-electron chi connectivity index (χ4n) is 2.77. The largest absolute Gasteiger partial charge is 0.462 e. The second-order valence-electron chi connectivity index (χ2n) is 6.52. The average Bonchev–Trinajstić information content (AvgIpc) is 2.78. The third-order valence-corrected chi connectivity index (χ3v) is 4.55. The van der Waals surface area contributed by atoms with E-state index < -0.39 is 10.9 Å². The molecule has 0 unspecified atom stereocenters. The molecule has 0 bridgehead atoms. The van der Waals surface area contributed by atoms with Crippen LogP contribution in [0.25, 0.3) is 12.2 Å². The minimum atomic E-state index is -0.702. The molecule has 0 fully saturated rings. The second-order valence-corrected chi connectivity index (χ2v) is 6.96. The van der Waals surface area contributed by atoms with Crippen molar-refractivity contribution in [1.82, 2.24) is 4.98 Å². The Kier molecular flexibility index (Phi) is 7.30. The van der Waals surface area contributed by atoms with Crippen LogP contribution in [0.15, 0.2) is 60.8 Å². The van der Waals surface area contributed by atoms with Crippen molar-refractivity contribution in [3.8, 4) is 0 Å². The van der Waals surface area contributed by atoms with Crippen LogP contribution < -0.4 is 5.32 Å². The molecule has 0 radical (unpaired) electrons. The number of amides is 1. The summed E-state index contributed by atoms with van der Waals surface area (Å²) in [6, 6.07) is 14.7. The molecule has 0 aliphatic rings. The number of aromatic nitrogens is 1. The van der Waals surface area contributed by atoms with E-state index in [2.05, 4.69) is 10.3 Å². The summed E-state index contributed by atoms with van der Waals surface area (Å²) < 4.78 is 4.98. The second kappa shape index (κ2) is 10.3. The first-order valence-corrected chi connectivity index (χ1v) is 9.92. The highest BCUT2D eigenvalue weighted by molar-refractivity contribution is 6.30.